The third kappa shape index (κ3) is 4.84. The quantitative estimate of drug-likeness (QED) is 0.565. The van der Waals surface area contributed by atoms with Crippen LogP contribution in [0.3, 0.4) is 0 Å². The predicted molar refractivity (Wildman–Crippen MR) is 136 cm³/mol. The molecule has 1 saturated heterocycles. The number of hydrogen-bond donors (Lipinski definition) is 2. The van der Waals surface area contributed by atoms with Crippen LogP contribution < -0.4 is 10.6 Å². The van der Waals surface area contributed by atoms with E-state index in [1.807, 2.05) is 50.2 Å². The SMILES string of the molecule is CC(C)[C@@H]1Nc2nc(nc3ccccc23)CN2CCN(Cc3ccc(Cl)cc3Cl)CC2NC1=O. The number of para-hydroxylation sites is 1. The van der Waals surface area contributed by atoms with Gasteiger partial charge in [0.25, 0.3) is 0 Å². The Morgan fingerprint density at radius 3 is 2.71 bits per heavy atom. The number of hydrogen-bond acceptors (Lipinski definition) is 6. The zero-order valence-electron chi connectivity index (χ0n) is 19.3. The number of aromatic nitrogens is 2. The van der Waals surface area contributed by atoms with Crippen LogP contribution in [-0.2, 0) is 17.9 Å². The zero-order valence-corrected chi connectivity index (χ0v) is 20.8. The Morgan fingerprint density at radius 2 is 1.91 bits per heavy atom. The minimum absolute atomic E-state index is 0.0254. The van der Waals surface area contributed by atoms with Gasteiger partial charge in [0.15, 0.2) is 0 Å². The Morgan fingerprint density at radius 1 is 1.09 bits per heavy atom. The topological polar surface area (TPSA) is 73.4 Å². The fourth-order valence-electron chi connectivity index (χ4n) is 4.66. The van der Waals surface area contributed by atoms with Crippen molar-refractivity contribution in [2.45, 2.75) is 39.1 Å². The summed E-state index contributed by atoms with van der Waals surface area (Å²) in [6.45, 7) is 7.64. The highest BCUT2D eigenvalue weighted by atomic mass is 35.5. The predicted octanol–water partition coefficient (Wildman–Crippen LogP) is 4.15. The summed E-state index contributed by atoms with van der Waals surface area (Å²) < 4.78 is 0. The first kappa shape index (κ1) is 23.3. The van der Waals surface area contributed by atoms with E-state index in [4.69, 9.17) is 33.2 Å². The number of carbonyl (C=O) groups excluding carboxylic acids is 1. The van der Waals surface area contributed by atoms with Gasteiger partial charge in [0.1, 0.15) is 17.7 Å². The normalized spacial score (nSPS) is 21.7. The van der Waals surface area contributed by atoms with Crippen molar-refractivity contribution >= 4 is 45.8 Å². The Labute approximate surface area is 209 Å². The molecule has 1 aromatic heterocycles. The summed E-state index contributed by atoms with van der Waals surface area (Å²) in [6.07, 6.45) is -0.160. The highest BCUT2D eigenvalue weighted by Crippen LogP contribution is 2.26. The number of piperazine rings is 1. The minimum atomic E-state index is -0.410. The summed E-state index contributed by atoms with van der Waals surface area (Å²) in [5, 5.41) is 8.91. The van der Waals surface area contributed by atoms with E-state index in [1.54, 1.807) is 6.07 Å². The van der Waals surface area contributed by atoms with Crippen molar-refractivity contribution in [2.75, 3.05) is 25.0 Å². The first-order chi connectivity index (χ1) is 16.4. The number of carbonyl (C=O) groups is 1. The van der Waals surface area contributed by atoms with Gasteiger partial charge < -0.3 is 10.6 Å². The van der Waals surface area contributed by atoms with E-state index < -0.39 is 6.04 Å². The van der Waals surface area contributed by atoms with E-state index in [9.17, 15) is 4.79 Å². The van der Waals surface area contributed by atoms with Gasteiger partial charge in [0.2, 0.25) is 5.91 Å². The molecule has 2 N–H and O–H groups in total. The van der Waals surface area contributed by atoms with Crippen molar-refractivity contribution in [3.63, 3.8) is 0 Å². The molecule has 9 heteroatoms. The number of benzene rings is 2. The van der Waals surface area contributed by atoms with Crippen LogP contribution in [0.25, 0.3) is 10.9 Å². The Kier molecular flexibility index (Phi) is 6.62. The van der Waals surface area contributed by atoms with Gasteiger partial charge in [-0.15, -0.1) is 0 Å². The molecule has 2 aromatic carbocycles. The van der Waals surface area contributed by atoms with E-state index in [-0.39, 0.29) is 18.0 Å². The van der Waals surface area contributed by atoms with Gasteiger partial charge in [-0.1, -0.05) is 55.2 Å². The van der Waals surface area contributed by atoms with Gasteiger partial charge >= 0.3 is 0 Å². The molecule has 1 unspecified atom stereocenters. The maximum atomic E-state index is 13.4. The Balaban J connectivity index is 1.45. The third-order valence-electron chi connectivity index (χ3n) is 6.53. The molecule has 0 saturated carbocycles. The fourth-order valence-corrected chi connectivity index (χ4v) is 5.13. The van der Waals surface area contributed by atoms with Gasteiger partial charge in [0, 0.05) is 41.6 Å². The van der Waals surface area contributed by atoms with Crippen molar-refractivity contribution in [1.29, 1.82) is 0 Å². The van der Waals surface area contributed by atoms with Gasteiger partial charge in [-0.05, 0) is 35.7 Å². The van der Waals surface area contributed by atoms with E-state index in [0.717, 1.165) is 35.4 Å². The zero-order chi connectivity index (χ0) is 23.8. The van der Waals surface area contributed by atoms with Crippen LogP contribution in [-0.4, -0.2) is 57.5 Å². The van der Waals surface area contributed by atoms with Gasteiger partial charge in [-0.3, -0.25) is 14.6 Å². The third-order valence-corrected chi connectivity index (χ3v) is 7.12. The Hall–Kier alpha value is -2.45. The number of halogens is 2. The highest BCUT2D eigenvalue weighted by molar-refractivity contribution is 6.35. The molecule has 5 rings (SSSR count). The van der Waals surface area contributed by atoms with Gasteiger partial charge in [0.05, 0.1) is 18.2 Å². The van der Waals surface area contributed by atoms with Crippen molar-refractivity contribution in [2.24, 2.45) is 5.92 Å². The maximum Gasteiger partial charge on any atom is 0.244 e. The summed E-state index contributed by atoms with van der Waals surface area (Å²) in [7, 11) is 0. The molecule has 0 spiro atoms. The average Bonchev–Trinajstić information content (AvgIpc) is 2.80. The standard InChI is InChI=1S/C25H28Cl2N6O/c1-15(2)23-25(34)30-22-14-32(12-16-7-8-17(26)11-19(16)27)9-10-33(22)13-21-28-20-6-4-3-5-18(20)24(29-21)31-23/h3-8,11,15,22-23H,9-10,12-14H2,1-2H3,(H,30,34)(H,28,29,31)/t22?,23-/m0/s1. The number of rotatable bonds is 3. The second-order valence-corrected chi connectivity index (χ2v) is 10.2. The second-order valence-electron chi connectivity index (χ2n) is 9.34. The molecule has 1 amide bonds. The molecule has 2 aliphatic heterocycles. The highest BCUT2D eigenvalue weighted by Gasteiger charge is 2.33. The van der Waals surface area contributed by atoms with Crippen molar-refractivity contribution in [3.05, 3.63) is 63.9 Å². The number of anilines is 1. The largest absolute Gasteiger partial charge is 0.358 e. The maximum absolute atomic E-state index is 13.4. The summed E-state index contributed by atoms with van der Waals surface area (Å²) >= 11 is 12.5. The molecular weight excluding hydrogens is 471 g/mol. The molecule has 0 aliphatic carbocycles. The van der Waals surface area contributed by atoms with Crippen LogP contribution in [0, 0.1) is 5.92 Å². The molecule has 2 aliphatic rings. The summed E-state index contributed by atoms with van der Waals surface area (Å²) in [5.41, 5.74) is 1.90. The molecule has 2 atom stereocenters. The smallest absolute Gasteiger partial charge is 0.244 e. The number of nitrogens with zero attached hydrogens (tertiary/aromatic N) is 4. The van der Waals surface area contributed by atoms with Crippen LogP contribution >= 0.6 is 23.2 Å². The molecule has 1 fully saturated rings. The first-order valence-corrected chi connectivity index (χ1v) is 12.4. The summed E-state index contributed by atoms with van der Waals surface area (Å²) in [6, 6.07) is 13.1. The lowest BCUT2D eigenvalue weighted by Gasteiger charge is -2.42. The van der Waals surface area contributed by atoms with Crippen LogP contribution in [0.5, 0.6) is 0 Å². The van der Waals surface area contributed by atoms with Crippen molar-refractivity contribution in [3.8, 4) is 0 Å². The molecule has 3 aromatic rings. The number of amides is 1. The molecular formula is C25H28Cl2N6O. The van der Waals surface area contributed by atoms with Crippen LogP contribution in [0.4, 0.5) is 5.82 Å². The van der Waals surface area contributed by atoms with Crippen molar-refractivity contribution < 1.29 is 4.79 Å². The molecule has 3 heterocycles. The average molecular weight is 499 g/mol. The summed E-state index contributed by atoms with van der Waals surface area (Å²) in [5.74, 6) is 1.52. The molecule has 2 bridgehead atoms. The van der Waals surface area contributed by atoms with E-state index >= 15 is 0 Å². The minimum Gasteiger partial charge on any atom is -0.358 e. The van der Waals surface area contributed by atoms with E-state index in [1.165, 1.54) is 0 Å². The lowest BCUT2D eigenvalue weighted by Crippen LogP contribution is -2.62. The molecule has 7 nitrogen and oxygen atoms in total. The molecule has 34 heavy (non-hydrogen) atoms. The monoisotopic (exact) mass is 498 g/mol. The second kappa shape index (κ2) is 9.66. The first-order valence-electron chi connectivity index (χ1n) is 11.6. The molecule has 0 radical (unpaired) electrons. The van der Waals surface area contributed by atoms with E-state index in [0.29, 0.717) is 35.5 Å². The summed E-state index contributed by atoms with van der Waals surface area (Å²) in [4.78, 5) is 27.6. The van der Waals surface area contributed by atoms with Gasteiger partial charge in [-0.2, -0.15) is 0 Å². The van der Waals surface area contributed by atoms with Crippen LogP contribution in [0.1, 0.15) is 25.2 Å². The lowest BCUT2D eigenvalue weighted by atomic mass is 10.0. The van der Waals surface area contributed by atoms with Crippen LogP contribution in [0.2, 0.25) is 10.0 Å². The van der Waals surface area contributed by atoms with Crippen molar-refractivity contribution in [1.82, 2.24) is 25.1 Å². The Bertz CT molecular complexity index is 1220. The van der Waals surface area contributed by atoms with E-state index in [2.05, 4.69) is 20.4 Å². The lowest BCUT2D eigenvalue weighted by molar-refractivity contribution is -0.125. The number of nitrogens with one attached hydrogen (secondary N) is 2. The van der Waals surface area contributed by atoms with Crippen LogP contribution in [0.15, 0.2) is 42.5 Å². The molecule has 178 valence electrons. The number of fused-ring (bicyclic) bond motifs is 5. The fraction of sp³-hybridized carbons (Fsp3) is 0.400. The van der Waals surface area contributed by atoms with Gasteiger partial charge in [-0.25, -0.2) is 9.97 Å².